The second-order valence-corrected chi connectivity index (χ2v) is 7.78. The summed E-state index contributed by atoms with van der Waals surface area (Å²) in [4.78, 5) is 15.1. The largest absolute Gasteiger partial charge is 0.372 e. The number of ether oxygens (including phenoxy) is 1. The van der Waals surface area contributed by atoms with Crippen molar-refractivity contribution in [1.82, 2.24) is 19.9 Å². The van der Waals surface area contributed by atoms with Crippen LogP contribution in [0.3, 0.4) is 0 Å². The van der Waals surface area contributed by atoms with Gasteiger partial charge in [0, 0.05) is 17.4 Å². The molecular formula is C20H17BrN4O2. The number of benzene rings is 2. The maximum absolute atomic E-state index is 13.2. The van der Waals surface area contributed by atoms with Gasteiger partial charge in [-0.05, 0) is 23.8 Å². The zero-order chi connectivity index (χ0) is 18.4. The number of fused-ring (bicyclic) bond motifs is 5. The molecule has 1 aromatic heterocycles. The number of carbonyl (C=O) groups excluding carboxylic acids is 1. The Morgan fingerprint density at radius 3 is 2.89 bits per heavy atom. The summed E-state index contributed by atoms with van der Waals surface area (Å²) in [5.74, 6) is 0.00705. The molecule has 2 atom stereocenters. The molecule has 1 saturated heterocycles. The molecule has 2 aliphatic heterocycles. The first kappa shape index (κ1) is 16.6. The Morgan fingerprint density at radius 2 is 2.04 bits per heavy atom. The van der Waals surface area contributed by atoms with E-state index in [4.69, 9.17) is 4.74 Å². The molecule has 0 N–H and O–H groups in total. The van der Waals surface area contributed by atoms with E-state index in [1.807, 2.05) is 53.4 Å². The minimum absolute atomic E-state index is 0.00705. The van der Waals surface area contributed by atoms with E-state index < -0.39 is 0 Å². The lowest BCUT2D eigenvalue weighted by atomic mass is 10.1. The van der Waals surface area contributed by atoms with Crippen molar-refractivity contribution >= 4 is 21.8 Å². The lowest BCUT2D eigenvalue weighted by molar-refractivity contribution is 0.0437. The van der Waals surface area contributed by atoms with Crippen LogP contribution in [0.2, 0.25) is 0 Å². The van der Waals surface area contributed by atoms with Gasteiger partial charge in [-0.3, -0.25) is 4.79 Å². The van der Waals surface area contributed by atoms with Crippen molar-refractivity contribution in [3.63, 3.8) is 0 Å². The average Bonchev–Trinajstić information content (AvgIpc) is 3.31. The van der Waals surface area contributed by atoms with E-state index >= 15 is 0 Å². The summed E-state index contributed by atoms with van der Waals surface area (Å²) >= 11 is 3.47. The number of nitrogens with zero attached hydrogens (tertiary/aromatic N) is 4. The fourth-order valence-electron chi connectivity index (χ4n) is 3.89. The fraction of sp³-hybridized carbons (Fsp3) is 0.250. The smallest absolute Gasteiger partial charge is 0.256 e. The molecular weight excluding hydrogens is 408 g/mol. The monoisotopic (exact) mass is 424 g/mol. The Labute approximate surface area is 164 Å². The molecule has 2 aliphatic rings. The highest BCUT2D eigenvalue weighted by molar-refractivity contribution is 9.10. The molecule has 7 heteroatoms. The minimum atomic E-state index is -0.0838. The maximum atomic E-state index is 13.2. The number of aromatic nitrogens is 3. The van der Waals surface area contributed by atoms with E-state index in [0.29, 0.717) is 18.7 Å². The lowest BCUT2D eigenvalue weighted by Crippen LogP contribution is -2.31. The summed E-state index contributed by atoms with van der Waals surface area (Å²) in [5, 5.41) is 8.33. The van der Waals surface area contributed by atoms with Gasteiger partial charge in [0.1, 0.15) is 0 Å². The molecule has 3 heterocycles. The highest BCUT2D eigenvalue weighted by Crippen LogP contribution is 2.39. The molecule has 0 saturated carbocycles. The van der Waals surface area contributed by atoms with Crippen LogP contribution in [-0.2, 0) is 11.3 Å². The van der Waals surface area contributed by atoms with E-state index in [2.05, 4.69) is 26.2 Å². The van der Waals surface area contributed by atoms with Crippen molar-refractivity contribution in [2.24, 2.45) is 0 Å². The summed E-state index contributed by atoms with van der Waals surface area (Å²) in [6.07, 6.45) is 2.47. The van der Waals surface area contributed by atoms with Crippen LogP contribution in [0.15, 0.2) is 59.2 Å². The second kappa shape index (κ2) is 6.58. The molecule has 1 fully saturated rings. The van der Waals surface area contributed by atoms with Crippen molar-refractivity contribution in [2.45, 2.75) is 25.2 Å². The second-order valence-electron chi connectivity index (χ2n) is 6.86. The van der Waals surface area contributed by atoms with Crippen LogP contribution in [0.4, 0.5) is 0 Å². The quantitative estimate of drug-likeness (QED) is 0.645. The van der Waals surface area contributed by atoms with Crippen LogP contribution in [0, 0.1) is 0 Å². The predicted octanol–water partition coefficient (Wildman–Crippen LogP) is 3.52. The van der Waals surface area contributed by atoms with Crippen molar-refractivity contribution in [1.29, 1.82) is 0 Å². The Balaban J connectivity index is 1.45. The summed E-state index contributed by atoms with van der Waals surface area (Å²) < 4.78 is 8.77. The van der Waals surface area contributed by atoms with Gasteiger partial charge in [0.15, 0.2) is 0 Å². The van der Waals surface area contributed by atoms with Gasteiger partial charge in [-0.15, -0.1) is 5.10 Å². The molecule has 0 unspecified atom stereocenters. The Bertz CT molecular complexity index is 1000. The van der Waals surface area contributed by atoms with Crippen molar-refractivity contribution < 1.29 is 9.53 Å². The van der Waals surface area contributed by atoms with Gasteiger partial charge in [0.25, 0.3) is 5.91 Å². The van der Waals surface area contributed by atoms with Crippen LogP contribution in [0.5, 0.6) is 0 Å². The summed E-state index contributed by atoms with van der Waals surface area (Å²) in [6.45, 7) is 1.10. The number of rotatable bonds is 3. The number of halogens is 1. The minimum Gasteiger partial charge on any atom is -0.372 e. The topological polar surface area (TPSA) is 60.3 Å². The standard InChI is InChI=1S/C20H17BrN4O2/c21-14-6-7-17-16(8-14)20(26)24-11-15(27-12-13-4-2-1-3-5-13)9-18(24)19-10-22-23-25(17)19/h1-8,10,15,18H,9,11-12H2/t15-,18+/m1/s1. The first-order valence-electron chi connectivity index (χ1n) is 8.88. The van der Waals surface area contributed by atoms with Crippen LogP contribution >= 0.6 is 15.9 Å². The van der Waals surface area contributed by atoms with Gasteiger partial charge in [-0.25, -0.2) is 4.68 Å². The molecule has 3 aromatic rings. The van der Waals surface area contributed by atoms with Crippen LogP contribution in [-0.4, -0.2) is 38.4 Å². The molecule has 136 valence electrons. The molecule has 6 nitrogen and oxygen atoms in total. The first-order valence-corrected chi connectivity index (χ1v) is 9.67. The number of hydrogen-bond acceptors (Lipinski definition) is 4. The normalized spacial score (nSPS) is 20.8. The number of amides is 1. The van der Waals surface area contributed by atoms with Crippen LogP contribution in [0.1, 0.15) is 34.1 Å². The van der Waals surface area contributed by atoms with Gasteiger partial charge in [0.05, 0.1) is 41.9 Å². The van der Waals surface area contributed by atoms with Gasteiger partial charge < -0.3 is 9.64 Å². The Morgan fingerprint density at radius 1 is 1.19 bits per heavy atom. The maximum Gasteiger partial charge on any atom is 0.256 e. The van der Waals surface area contributed by atoms with E-state index in [1.54, 1.807) is 10.9 Å². The van der Waals surface area contributed by atoms with E-state index in [9.17, 15) is 4.79 Å². The summed E-state index contributed by atoms with van der Waals surface area (Å²) in [6, 6.07) is 15.7. The molecule has 2 aromatic carbocycles. The first-order chi connectivity index (χ1) is 13.2. The third kappa shape index (κ3) is 2.87. The fourth-order valence-corrected chi connectivity index (χ4v) is 4.25. The Kier molecular flexibility index (Phi) is 4.06. The van der Waals surface area contributed by atoms with Gasteiger partial charge in [-0.2, -0.15) is 0 Å². The average molecular weight is 425 g/mol. The molecule has 0 spiro atoms. The van der Waals surface area contributed by atoms with Crippen LogP contribution < -0.4 is 0 Å². The zero-order valence-electron chi connectivity index (χ0n) is 14.5. The van der Waals surface area contributed by atoms with Gasteiger partial charge in [-0.1, -0.05) is 51.5 Å². The number of hydrogen-bond donors (Lipinski definition) is 0. The summed E-state index contributed by atoms with van der Waals surface area (Å²) in [7, 11) is 0. The molecule has 27 heavy (non-hydrogen) atoms. The molecule has 5 rings (SSSR count). The SMILES string of the molecule is O=C1c2cc(Br)ccc2-n2nncc2[C@@H]2C[C@@H](OCc3ccccc3)CN12. The van der Waals surface area contributed by atoms with Crippen LogP contribution in [0.25, 0.3) is 5.69 Å². The molecule has 0 radical (unpaired) electrons. The van der Waals surface area contributed by atoms with Gasteiger partial charge >= 0.3 is 0 Å². The van der Waals surface area contributed by atoms with Crippen molar-refractivity contribution in [2.75, 3.05) is 6.54 Å². The highest BCUT2D eigenvalue weighted by Gasteiger charge is 2.42. The van der Waals surface area contributed by atoms with Crippen molar-refractivity contribution in [3.8, 4) is 5.69 Å². The molecule has 0 aliphatic carbocycles. The van der Waals surface area contributed by atoms with E-state index in [-0.39, 0.29) is 18.1 Å². The van der Waals surface area contributed by atoms with E-state index in [0.717, 1.165) is 27.8 Å². The summed E-state index contributed by atoms with van der Waals surface area (Å²) in [5.41, 5.74) is 3.45. The predicted molar refractivity (Wildman–Crippen MR) is 102 cm³/mol. The van der Waals surface area contributed by atoms with Crippen molar-refractivity contribution in [3.05, 3.63) is 76.0 Å². The highest BCUT2D eigenvalue weighted by atomic mass is 79.9. The zero-order valence-corrected chi connectivity index (χ0v) is 16.0. The third-order valence-electron chi connectivity index (χ3n) is 5.19. The lowest BCUT2D eigenvalue weighted by Gasteiger charge is -2.21. The molecule has 0 bridgehead atoms. The molecule has 1 amide bonds. The number of carbonyl (C=O) groups is 1. The third-order valence-corrected chi connectivity index (χ3v) is 5.68. The van der Waals surface area contributed by atoms with E-state index in [1.165, 1.54) is 0 Å². The van der Waals surface area contributed by atoms with Gasteiger partial charge in [0.2, 0.25) is 0 Å². The Hall–Kier alpha value is -2.51.